The van der Waals surface area contributed by atoms with Gasteiger partial charge in [0.2, 0.25) is 0 Å². The smallest absolute Gasteiger partial charge is 0.0702 e. The van der Waals surface area contributed by atoms with Crippen molar-refractivity contribution in [3.05, 3.63) is 158 Å². The van der Waals surface area contributed by atoms with Crippen molar-refractivity contribution in [3.8, 4) is 33.9 Å². The van der Waals surface area contributed by atoms with Gasteiger partial charge in [-0.25, -0.2) is 0 Å². The number of fused-ring (bicyclic) bond motifs is 6. The van der Waals surface area contributed by atoms with Gasteiger partial charge in [0, 0.05) is 56.4 Å². The summed E-state index contributed by atoms with van der Waals surface area (Å²) in [5, 5.41) is 4.83. The molecule has 4 heteroatoms. The summed E-state index contributed by atoms with van der Waals surface area (Å²) >= 11 is 0. The Morgan fingerprint density at radius 1 is 0.341 bits per heavy atom. The number of rotatable bonds is 4. The van der Waals surface area contributed by atoms with Gasteiger partial charge in [-0.2, -0.15) is 0 Å². The van der Waals surface area contributed by atoms with E-state index in [1.807, 2.05) is 36.7 Å². The van der Waals surface area contributed by atoms with Crippen LogP contribution < -0.4 is 0 Å². The van der Waals surface area contributed by atoms with Crippen molar-refractivity contribution in [2.75, 3.05) is 0 Å². The van der Waals surface area contributed by atoms with Crippen molar-refractivity contribution in [2.45, 2.75) is 0 Å². The van der Waals surface area contributed by atoms with Crippen molar-refractivity contribution in [2.24, 2.45) is 0 Å². The normalized spacial score (nSPS) is 11.6. The molecule has 0 N–H and O–H groups in total. The van der Waals surface area contributed by atoms with Crippen molar-refractivity contribution in [1.82, 2.24) is 19.1 Å². The van der Waals surface area contributed by atoms with Gasteiger partial charge >= 0.3 is 0 Å². The van der Waals surface area contributed by atoms with E-state index in [1.54, 1.807) is 0 Å². The first-order chi connectivity index (χ1) is 21.8. The van der Waals surface area contributed by atoms with E-state index in [2.05, 4.69) is 140 Å². The highest BCUT2D eigenvalue weighted by molar-refractivity contribution is 6.20. The van der Waals surface area contributed by atoms with Gasteiger partial charge in [-0.05, 0) is 84.9 Å². The molecule has 9 aromatic rings. The number of nitrogens with zero attached hydrogens (tertiary/aromatic N) is 4. The molecular formula is C40H26N4. The lowest BCUT2D eigenvalue weighted by Gasteiger charge is -2.10. The molecule has 5 aromatic carbocycles. The predicted octanol–water partition coefficient (Wildman–Crippen LogP) is 10.0. The number of para-hydroxylation sites is 2. The fraction of sp³-hybridized carbons (Fsp3) is 0. The van der Waals surface area contributed by atoms with E-state index < -0.39 is 0 Å². The monoisotopic (exact) mass is 562 g/mol. The van der Waals surface area contributed by atoms with E-state index in [1.165, 1.54) is 43.6 Å². The summed E-state index contributed by atoms with van der Waals surface area (Å²) in [4.78, 5) is 9.30. The molecule has 0 spiro atoms. The summed E-state index contributed by atoms with van der Waals surface area (Å²) in [5.41, 5.74) is 11.1. The molecule has 0 aliphatic heterocycles. The van der Waals surface area contributed by atoms with Gasteiger partial charge in [-0.3, -0.25) is 9.97 Å². The zero-order chi connectivity index (χ0) is 29.0. The second kappa shape index (κ2) is 9.79. The Morgan fingerprint density at radius 2 is 0.773 bits per heavy atom. The quantitative estimate of drug-likeness (QED) is 0.214. The van der Waals surface area contributed by atoms with Crippen molar-refractivity contribution < 1.29 is 0 Å². The van der Waals surface area contributed by atoms with E-state index in [9.17, 15) is 0 Å². The molecule has 4 aromatic heterocycles. The second-order valence-electron chi connectivity index (χ2n) is 11.1. The third kappa shape index (κ3) is 3.78. The summed E-state index contributed by atoms with van der Waals surface area (Å²) in [6.45, 7) is 0. The number of benzene rings is 5. The maximum absolute atomic E-state index is 4.65. The molecule has 9 rings (SSSR count). The Morgan fingerprint density at radius 3 is 1.20 bits per heavy atom. The van der Waals surface area contributed by atoms with Crippen LogP contribution in [0.25, 0.3) is 77.5 Å². The largest absolute Gasteiger partial charge is 0.309 e. The standard InChI is InChI=1S/C40H26N4/c1-3-11-29(12-4-1)43-37-19-17-27(35-15-7-9-21-41-35)23-31(37)33-25-34-32-24-28(36-16-8-10-22-42-36)18-20-38(32)44(40(34)26-39(33)43)30-13-5-2-6-14-30/h1-26H. The SMILES string of the molecule is c1ccc(-n2c3ccc(-c4ccccn4)cc3c3cc4c5cc(-c6ccccn6)ccc5n(-c5ccccc5)c4cc32)cc1. The van der Waals surface area contributed by atoms with Crippen LogP contribution in [0.15, 0.2) is 158 Å². The molecule has 0 amide bonds. The highest BCUT2D eigenvalue weighted by Crippen LogP contribution is 2.41. The lowest BCUT2D eigenvalue weighted by Crippen LogP contribution is -1.95. The zero-order valence-electron chi connectivity index (χ0n) is 23.8. The number of hydrogen-bond donors (Lipinski definition) is 0. The molecule has 0 aliphatic rings. The third-order valence-corrected chi connectivity index (χ3v) is 8.60. The van der Waals surface area contributed by atoms with Crippen LogP contribution in [0, 0.1) is 0 Å². The second-order valence-corrected chi connectivity index (χ2v) is 11.1. The fourth-order valence-electron chi connectivity index (χ4n) is 6.63. The molecule has 206 valence electrons. The van der Waals surface area contributed by atoms with Crippen LogP contribution >= 0.6 is 0 Å². The summed E-state index contributed by atoms with van der Waals surface area (Å²) in [6, 6.07) is 51.6. The minimum absolute atomic E-state index is 0.969. The van der Waals surface area contributed by atoms with E-state index in [0.717, 1.165) is 33.9 Å². The van der Waals surface area contributed by atoms with Gasteiger partial charge in [0.15, 0.2) is 0 Å². The summed E-state index contributed by atoms with van der Waals surface area (Å²) in [6.07, 6.45) is 3.71. The molecule has 0 saturated heterocycles. The molecule has 4 nitrogen and oxygen atoms in total. The summed E-state index contributed by atoms with van der Waals surface area (Å²) in [7, 11) is 0. The molecular weight excluding hydrogens is 536 g/mol. The first-order valence-corrected chi connectivity index (χ1v) is 14.8. The van der Waals surface area contributed by atoms with Crippen LogP contribution in [0.2, 0.25) is 0 Å². The Hall–Kier alpha value is -6.00. The van der Waals surface area contributed by atoms with Gasteiger partial charge in [0.05, 0.1) is 33.5 Å². The Bertz CT molecular complexity index is 2290. The molecule has 0 fully saturated rings. The highest BCUT2D eigenvalue weighted by Gasteiger charge is 2.19. The van der Waals surface area contributed by atoms with E-state index in [4.69, 9.17) is 0 Å². The average Bonchev–Trinajstić information content (AvgIpc) is 3.60. The van der Waals surface area contributed by atoms with E-state index >= 15 is 0 Å². The third-order valence-electron chi connectivity index (χ3n) is 8.60. The van der Waals surface area contributed by atoms with Gasteiger partial charge in [-0.15, -0.1) is 0 Å². The molecule has 0 radical (unpaired) electrons. The molecule has 0 bridgehead atoms. The van der Waals surface area contributed by atoms with Gasteiger partial charge in [0.25, 0.3) is 0 Å². The van der Waals surface area contributed by atoms with Crippen molar-refractivity contribution in [1.29, 1.82) is 0 Å². The maximum Gasteiger partial charge on any atom is 0.0702 e. The number of hydrogen-bond acceptors (Lipinski definition) is 2. The Balaban J connectivity index is 1.43. The van der Waals surface area contributed by atoms with Crippen molar-refractivity contribution in [3.63, 3.8) is 0 Å². The van der Waals surface area contributed by atoms with Gasteiger partial charge in [0.1, 0.15) is 0 Å². The fourth-order valence-corrected chi connectivity index (χ4v) is 6.63. The molecule has 44 heavy (non-hydrogen) atoms. The summed E-state index contributed by atoms with van der Waals surface area (Å²) < 4.78 is 4.78. The van der Waals surface area contributed by atoms with Gasteiger partial charge in [-0.1, -0.05) is 60.7 Å². The Kier molecular flexibility index (Phi) is 5.47. The molecule has 0 unspecified atom stereocenters. The van der Waals surface area contributed by atoms with Crippen LogP contribution in [0.3, 0.4) is 0 Å². The topological polar surface area (TPSA) is 35.6 Å². The van der Waals surface area contributed by atoms with Crippen LogP contribution in [-0.2, 0) is 0 Å². The lowest BCUT2D eigenvalue weighted by molar-refractivity contribution is 1.16. The van der Waals surface area contributed by atoms with Crippen LogP contribution in [0.4, 0.5) is 0 Å². The van der Waals surface area contributed by atoms with Crippen LogP contribution in [0.1, 0.15) is 0 Å². The maximum atomic E-state index is 4.65. The lowest BCUT2D eigenvalue weighted by atomic mass is 10.0. The van der Waals surface area contributed by atoms with Crippen LogP contribution in [0.5, 0.6) is 0 Å². The predicted molar refractivity (Wildman–Crippen MR) is 182 cm³/mol. The highest BCUT2D eigenvalue weighted by atomic mass is 15.0. The molecule has 0 atom stereocenters. The van der Waals surface area contributed by atoms with E-state index in [0.29, 0.717) is 0 Å². The number of pyridine rings is 2. The summed E-state index contributed by atoms with van der Waals surface area (Å²) in [5.74, 6) is 0. The average molecular weight is 563 g/mol. The number of aromatic nitrogens is 4. The van der Waals surface area contributed by atoms with Crippen LogP contribution in [-0.4, -0.2) is 19.1 Å². The molecule has 0 saturated carbocycles. The molecule has 4 heterocycles. The van der Waals surface area contributed by atoms with Gasteiger partial charge < -0.3 is 9.13 Å². The minimum atomic E-state index is 0.969. The van der Waals surface area contributed by atoms with E-state index in [-0.39, 0.29) is 0 Å². The minimum Gasteiger partial charge on any atom is -0.309 e. The first kappa shape index (κ1) is 24.6. The van der Waals surface area contributed by atoms with Crippen molar-refractivity contribution >= 4 is 43.6 Å². The Labute approximate surface area is 254 Å². The zero-order valence-corrected chi connectivity index (χ0v) is 23.8. The molecule has 0 aliphatic carbocycles. The first-order valence-electron chi connectivity index (χ1n) is 14.8.